The summed E-state index contributed by atoms with van der Waals surface area (Å²) in [7, 11) is 0. The molecule has 35 heavy (non-hydrogen) atoms. The molecule has 2 fully saturated rings. The zero-order chi connectivity index (χ0) is 24.5. The van der Waals surface area contributed by atoms with E-state index in [2.05, 4.69) is 33.7 Å². The van der Waals surface area contributed by atoms with Gasteiger partial charge in [-0.15, -0.1) is 0 Å². The molecular weight excluding hydrogens is 445 g/mol. The van der Waals surface area contributed by atoms with E-state index in [-0.39, 0.29) is 42.2 Å². The average molecular weight is 484 g/mol. The van der Waals surface area contributed by atoms with Crippen LogP contribution in [0.1, 0.15) is 67.7 Å². The number of aliphatic hydroxyl groups is 1. The van der Waals surface area contributed by atoms with E-state index in [4.69, 9.17) is 4.98 Å². The molecule has 5 N–H and O–H groups in total. The standard InChI is InChI=1S/C27H38FN5O2/c1-3-17-11-19(35)6-7-20(17)21-8-9-22-25(24(21)28)31-32-26(22)27-29-12-23(30-27)18-5-4-10-33(14-18)13-16(2)15-34/h5-7,11-12,16,21-22,24-26,31-32,34-35H,3-4,8-10,13-15H2,1-2H3,(H,29,30)/t16-,21?,22?,24?,25?,26?/m1/s1. The number of phenols is 1. The molecule has 1 aliphatic carbocycles. The number of hydrazine groups is 1. The third-order valence-electron chi connectivity index (χ3n) is 8.09. The molecule has 6 atom stereocenters. The topological polar surface area (TPSA) is 96.4 Å². The first kappa shape index (κ1) is 24.4. The van der Waals surface area contributed by atoms with Crippen molar-refractivity contribution in [2.75, 3.05) is 26.2 Å². The first-order valence-electron chi connectivity index (χ1n) is 13.0. The van der Waals surface area contributed by atoms with E-state index in [1.165, 1.54) is 5.57 Å². The molecule has 2 aromatic rings. The minimum Gasteiger partial charge on any atom is -0.508 e. The number of hydrogen-bond donors (Lipinski definition) is 5. The summed E-state index contributed by atoms with van der Waals surface area (Å²) in [5.41, 5.74) is 10.9. The van der Waals surface area contributed by atoms with E-state index in [9.17, 15) is 10.2 Å². The number of benzene rings is 1. The van der Waals surface area contributed by atoms with Gasteiger partial charge >= 0.3 is 0 Å². The van der Waals surface area contributed by atoms with E-state index in [0.717, 1.165) is 68.0 Å². The van der Waals surface area contributed by atoms with Gasteiger partial charge in [0.1, 0.15) is 17.7 Å². The second kappa shape index (κ2) is 10.4. The van der Waals surface area contributed by atoms with E-state index in [1.54, 1.807) is 12.1 Å². The van der Waals surface area contributed by atoms with Crippen molar-refractivity contribution >= 4 is 5.57 Å². The van der Waals surface area contributed by atoms with E-state index in [1.807, 2.05) is 19.2 Å². The molecule has 2 aliphatic heterocycles. The summed E-state index contributed by atoms with van der Waals surface area (Å²) in [4.78, 5) is 10.6. The molecular formula is C27H38FN5O2. The summed E-state index contributed by atoms with van der Waals surface area (Å²) in [5.74, 6) is 1.29. The number of phenolic OH excluding ortho intramolecular Hbond substituents is 1. The Bertz CT molecular complexity index is 1060. The summed E-state index contributed by atoms with van der Waals surface area (Å²) in [6.45, 7) is 7.05. The van der Waals surface area contributed by atoms with E-state index in [0.29, 0.717) is 0 Å². The molecule has 1 aromatic heterocycles. The Morgan fingerprint density at radius 3 is 2.91 bits per heavy atom. The Morgan fingerprint density at radius 2 is 2.11 bits per heavy atom. The minimum atomic E-state index is -1.02. The van der Waals surface area contributed by atoms with Crippen molar-refractivity contribution in [2.45, 2.75) is 63.7 Å². The third-order valence-corrected chi connectivity index (χ3v) is 8.09. The lowest BCUT2D eigenvalue weighted by Gasteiger charge is -2.36. The SMILES string of the molecule is CCc1cc(O)ccc1C1CCC2C(c3ncc(C4=CCCN(C[C@@H](C)CO)C4)[nH]3)NNC2C1F. The summed E-state index contributed by atoms with van der Waals surface area (Å²) in [6.07, 6.45) is 6.59. The van der Waals surface area contributed by atoms with Gasteiger partial charge in [-0.25, -0.2) is 14.8 Å². The highest BCUT2D eigenvalue weighted by Gasteiger charge is 2.48. The highest BCUT2D eigenvalue weighted by molar-refractivity contribution is 5.64. The molecule has 1 saturated heterocycles. The number of aromatic amines is 1. The minimum absolute atomic E-state index is 0.0619. The van der Waals surface area contributed by atoms with Crippen molar-refractivity contribution in [1.82, 2.24) is 25.7 Å². The summed E-state index contributed by atoms with van der Waals surface area (Å²) >= 11 is 0. The van der Waals surface area contributed by atoms with Crippen LogP contribution in [0, 0.1) is 11.8 Å². The Morgan fingerprint density at radius 1 is 1.26 bits per heavy atom. The van der Waals surface area contributed by atoms with E-state index >= 15 is 4.39 Å². The lowest BCUT2D eigenvalue weighted by atomic mass is 9.71. The van der Waals surface area contributed by atoms with Gasteiger partial charge in [-0.2, -0.15) is 0 Å². The van der Waals surface area contributed by atoms with Gasteiger partial charge in [-0.1, -0.05) is 26.0 Å². The Labute approximate surface area is 206 Å². The highest BCUT2D eigenvalue weighted by atomic mass is 19.1. The fraction of sp³-hybridized carbons (Fsp3) is 0.593. The Kier molecular flexibility index (Phi) is 7.25. The Hall–Kier alpha value is -2.26. The maximum Gasteiger partial charge on any atom is 0.125 e. The fourth-order valence-corrected chi connectivity index (χ4v) is 6.22. The number of aryl methyl sites for hydroxylation is 1. The molecule has 5 rings (SSSR count). The summed E-state index contributed by atoms with van der Waals surface area (Å²) in [5, 5.41) is 19.3. The third kappa shape index (κ3) is 4.89. The van der Waals surface area contributed by atoms with Gasteiger partial charge in [-0.05, 0) is 60.4 Å². The van der Waals surface area contributed by atoms with Crippen LogP contribution < -0.4 is 10.9 Å². The summed E-state index contributed by atoms with van der Waals surface area (Å²) in [6, 6.07) is 5.00. The second-order valence-corrected chi connectivity index (χ2v) is 10.5. The van der Waals surface area contributed by atoms with Gasteiger partial charge in [-0.3, -0.25) is 10.3 Å². The lowest BCUT2D eigenvalue weighted by Crippen LogP contribution is -2.45. The zero-order valence-corrected chi connectivity index (χ0v) is 20.7. The van der Waals surface area contributed by atoms with Crippen LogP contribution in [-0.2, 0) is 6.42 Å². The Balaban J connectivity index is 1.28. The van der Waals surface area contributed by atoms with Crippen LogP contribution in [0.3, 0.4) is 0 Å². The van der Waals surface area contributed by atoms with Crippen molar-refractivity contribution in [2.24, 2.45) is 11.8 Å². The predicted molar refractivity (Wildman–Crippen MR) is 135 cm³/mol. The van der Waals surface area contributed by atoms with E-state index < -0.39 is 6.17 Å². The number of aromatic nitrogens is 2. The number of rotatable bonds is 7. The van der Waals surface area contributed by atoms with Gasteiger partial charge in [0.25, 0.3) is 0 Å². The average Bonchev–Trinajstić information content (AvgIpc) is 3.52. The lowest BCUT2D eigenvalue weighted by molar-refractivity contribution is 0.135. The molecule has 7 nitrogen and oxygen atoms in total. The van der Waals surface area contributed by atoms with Gasteiger partial charge in [0.15, 0.2) is 0 Å². The molecule has 5 unspecified atom stereocenters. The van der Waals surface area contributed by atoms with Crippen LogP contribution in [0.2, 0.25) is 0 Å². The molecule has 190 valence electrons. The van der Waals surface area contributed by atoms with Crippen molar-refractivity contribution in [3.8, 4) is 5.75 Å². The summed E-state index contributed by atoms with van der Waals surface area (Å²) < 4.78 is 15.8. The van der Waals surface area contributed by atoms with Gasteiger partial charge in [0.05, 0.1) is 24.0 Å². The first-order chi connectivity index (χ1) is 17.0. The molecule has 0 amide bonds. The molecule has 8 heteroatoms. The number of nitrogens with one attached hydrogen (secondary N) is 3. The second-order valence-electron chi connectivity index (χ2n) is 10.5. The molecule has 0 bridgehead atoms. The van der Waals surface area contributed by atoms with Crippen molar-refractivity contribution in [1.29, 1.82) is 0 Å². The van der Waals surface area contributed by atoms with Gasteiger partial charge in [0, 0.05) is 38.1 Å². The van der Waals surface area contributed by atoms with Crippen LogP contribution in [0.25, 0.3) is 5.57 Å². The quantitative estimate of drug-likeness (QED) is 0.414. The number of aliphatic hydroxyl groups excluding tert-OH is 1. The highest BCUT2D eigenvalue weighted by Crippen LogP contribution is 2.45. The maximum absolute atomic E-state index is 15.8. The van der Waals surface area contributed by atoms with Crippen molar-refractivity contribution in [3.63, 3.8) is 0 Å². The smallest absolute Gasteiger partial charge is 0.125 e. The van der Waals surface area contributed by atoms with Crippen molar-refractivity contribution in [3.05, 3.63) is 53.1 Å². The maximum atomic E-state index is 15.8. The number of nitrogens with zero attached hydrogens (tertiary/aromatic N) is 2. The molecule has 0 radical (unpaired) electrons. The van der Waals surface area contributed by atoms with Crippen LogP contribution in [0.4, 0.5) is 4.39 Å². The van der Waals surface area contributed by atoms with Crippen LogP contribution >= 0.6 is 0 Å². The number of imidazole rings is 1. The first-order valence-corrected chi connectivity index (χ1v) is 13.0. The van der Waals surface area contributed by atoms with Crippen molar-refractivity contribution < 1.29 is 14.6 Å². The molecule has 1 saturated carbocycles. The number of fused-ring (bicyclic) bond motifs is 1. The monoisotopic (exact) mass is 483 g/mol. The number of aromatic hydroxyl groups is 1. The number of alkyl halides is 1. The predicted octanol–water partition coefficient (Wildman–Crippen LogP) is 3.44. The number of H-pyrrole nitrogens is 1. The molecule has 0 spiro atoms. The largest absolute Gasteiger partial charge is 0.508 e. The molecule has 3 heterocycles. The number of halogens is 1. The van der Waals surface area contributed by atoms with Crippen LogP contribution in [-0.4, -0.2) is 63.5 Å². The van der Waals surface area contributed by atoms with Gasteiger partial charge < -0.3 is 15.2 Å². The zero-order valence-electron chi connectivity index (χ0n) is 20.7. The fourth-order valence-electron chi connectivity index (χ4n) is 6.22. The number of hydrogen-bond acceptors (Lipinski definition) is 6. The van der Waals surface area contributed by atoms with Crippen LogP contribution in [0.15, 0.2) is 30.5 Å². The normalized spacial score (nSPS) is 30.2. The van der Waals surface area contributed by atoms with Gasteiger partial charge in [0.2, 0.25) is 0 Å². The molecule has 1 aromatic carbocycles. The molecule has 3 aliphatic rings. The van der Waals surface area contributed by atoms with Crippen LogP contribution in [0.5, 0.6) is 5.75 Å².